The number of benzene rings is 1. The molecule has 0 saturated carbocycles. The molecule has 7 heteroatoms. The van der Waals surface area contributed by atoms with Crippen LogP contribution in [0.1, 0.15) is 27.6 Å². The summed E-state index contributed by atoms with van der Waals surface area (Å²) in [6.07, 6.45) is 0.434. The first-order valence-corrected chi connectivity index (χ1v) is 5.69. The lowest BCUT2D eigenvalue weighted by atomic mass is 10.1. The van der Waals surface area contributed by atoms with Crippen LogP contribution in [0.15, 0.2) is 16.6 Å². The molecule has 4 nitrogen and oxygen atoms in total. The predicted octanol–water partition coefficient (Wildman–Crippen LogP) is 3.04. The van der Waals surface area contributed by atoms with E-state index in [1.54, 1.807) is 6.92 Å². The van der Waals surface area contributed by atoms with Crippen LogP contribution in [0.3, 0.4) is 0 Å². The van der Waals surface area contributed by atoms with Gasteiger partial charge in [-0.3, -0.25) is 4.79 Å². The molecule has 0 aromatic heterocycles. The van der Waals surface area contributed by atoms with Crippen LogP contribution in [-0.2, 0) is 4.74 Å². The molecule has 0 fully saturated rings. The van der Waals surface area contributed by atoms with Gasteiger partial charge in [0.05, 0.1) is 16.6 Å². The summed E-state index contributed by atoms with van der Waals surface area (Å²) in [5.74, 6) is -1.01. The van der Waals surface area contributed by atoms with E-state index in [1.807, 2.05) is 0 Å². The van der Waals surface area contributed by atoms with Crippen molar-refractivity contribution in [3.63, 3.8) is 0 Å². The minimum absolute atomic E-state index is 0.0296. The van der Waals surface area contributed by atoms with E-state index in [9.17, 15) is 18.4 Å². The summed E-state index contributed by atoms with van der Waals surface area (Å²) in [4.78, 5) is 22.3. The second-order valence-electron chi connectivity index (χ2n) is 3.09. The van der Waals surface area contributed by atoms with Crippen molar-refractivity contribution in [2.24, 2.45) is 0 Å². The summed E-state index contributed by atoms with van der Waals surface area (Å²) in [5.41, 5.74) is -0.0901. The van der Waals surface area contributed by atoms with Crippen LogP contribution in [-0.4, -0.2) is 25.5 Å². The average Bonchev–Trinajstić information content (AvgIpc) is 2.30. The minimum atomic E-state index is -3.03. The third kappa shape index (κ3) is 3.49. The van der Waals surface area contributed by atoms with E-state index in [2.05, 4.69) is 20.7 Å². The van der Waals surface area contributed by atoms with Gasteiger partial charge in [0.25, 0.3) is 0 Å². The summed E-state index contributed by atoms with van der Waals surface area (Å²) in [6.45, 7) is -1.33. The molecule has 0 spiro atoms. The lowest BCUT2D eigenvalue weighted by Crippen LogP contribution is -2.10. The van der Waals surface area contributed by atoms with E-state index >= 15 is 0 Å². The van der Waals surface area contributed by atoms with Gasteiger partial charge in [0.1, 0.15) is 5.75 Å². The number of hydrogen-bond acceptors (Lipinski definition) is 4. The Morgan fingerprint density at radius 1 is 1.50 bits per heavy atom. The molecule has 0 aliphatic rings. The molecule has 0 unspecified atom stereocenters. The molecular formula is C11H9BrF2O4. The van der Waals surface area contributed by atoms with E-state index in [4.69, 9.17) is 4.74 Å². The van der Waals surface area contributed by atoms with Crippen molar-refractivity contribution in [3.8, 4) is 5.75 Å². The standard InChI is InChI=1S/C11H9BrF2O4/c1-2-17-10(16)7-4-9(18-11(13)14)8(12)3-6(7)5-15/h3-5,11H,2H2,1H3. The average molecular weight is 323 g/mol. The van der Waals surface area contributed by atoms with E-state index in [0.29, 0.717) is 6.29 Å². The van der Waals surface area contributed by atoms with E-state index in [1.165, 1.54) is 6.07 Å². The number of halogens is 3. The van der Waals surface area contributed by atoms with Gasteiger partial charge >= 0.3 is 12.6 Å². The molecule has 0 aliphatic carbocycles. The van der Waals surface area contributed by atoms with Gasteiger partial charge in [-0.05, 0) is 35.0 Å². The number of esters is 1. The highest BCUT2D eigenvalue weighted by Crippen LogP contribution is 2.30. The molecule has 0 N–H and O–H groups in total. The summed E-state index contributed by atoms with van der Waals surface area (Å²) < 4.78 is 33.3. The molecule has 1 aromatic carbocycles. The predicted molar refractivity (Wildman–Crippen MR) is 62.1 cm³/mol. The summed E-state index contributed by atoms with van der Waals surface area (Å²) in [6, 6.07) is 2.26. The fraction of sp³-hybridized carbons (Fsp3) is 0.273. The first-order valence-electron chi connectivity index (χ1n) is 4.90. The second-order valence-corrected chi connectivity index (χ2v) is 3.94. The van der Waals surface area contributed by atoms with Gasteiger partial charge in [0.15, 0.2) is 6.29 Å². The van der Waals surface area contributed by atoms with Crippen LogP contribution in [0.2, 0.25) is 0 Å². The Bertz CT molecular complexity index is 463. The Morgan fingerprint density at radius 3 is 2.67 bits per heavy atom. The normalized spacial score (nSPS) is 10.3. The van der Waals surface area contributed by atoms with Gasteiger partial charge in [-0.25, -0.2) is 4.79 Å². The van der Waals surface area contributed by atoms with Crippen LogP contribution in [0.4, 0.5) is 8.78 Å². The van der Waals surface area contributed by atoms with Crippen molar-refractivity contribution >= 4 is 28.2 Å². The maximum atomic E-state index is 12.1. The quantitative estimate of drug-likeness (QED) is 0.617. The molecule has 0 aliphatic heterocycles. The molecule has 1 rings (SSSR count). The Balaban J connectivity index is 3.21. The molecule has 18 heavy (non-hydrogen) atoms. The summed E-state index contributed by atoms with van der Waals surface area (Å²) in [7, 11) is 0. The number of alkyl halides is 2. The van der Waals surface area contributed by atoms with Crippen molar-refractivity contribution in [3.05, 3.63) is 27.7 Å². The Kier molecular flexibility index (Phi) is 5.21. The first-order chi connectivity index (χ1) is 8.49. The largest absolute Gasteiger partial charge is 0.462 e. The van der Waals surface area contributed by atoms with Crippen molar-refractivity contribution in [1.82, 2.24) is 0 Å². The molecule has 0 radical (unpaired) electrons. The van der Waals surface area contributed by atoms with E-state index in [0.717, 1.165) is 6.07 Å². The lowest BCUT2D eigenvalue weighted by Gasteiger charge is -2.10. The lowest BCUT2D eigenvalue weighted by molar-refractivity contribution is -0.0504. The topological polar surface area (TPSA) is 52.6 Å². The molecule has 0 saturated heterocycles. The van der Waals surface area contributed by atoms with Crippen molar-refractivity contribution in [1.29, 1.82) is 0 Å². The smallest absolute Gasteiger partial charge is 0.387 e. The Labute approximate surface area is 110 Å². The number of carbonyl (C=O) groups is 2. The molecule has 0 bridgehead atoms. The minimum Gasteiger partial charge on any atom is -0.462 e. The van der Waals surface area contributed by atoms with Gasteiger partial charge < -0.3 is 9.47 Å². The number of aldehydes is 1. The fourth-order valence-corrected chi connectivity index (χ4v) is 1.69. The third-order valence-corrected chi connectivity index (χ3v) is 2.56. The van der Waals surface area contributed by atoms with Crippen LogP contribution in [0, 0.1) is 0 Å². The highest BCUT2D eigenvalue weighted by molar-refractivity contribution is 9.10. The zero-order valence-corrected chi connectivity index (χ0v) is 10.9. The summed E-state index contributed by atoms with van der Waals surface area (Å²) >= 11 is 2.97. The Morgan fingerprint density at radius 2 is 2.17 bits per heavy atom. The van der Waals surface area contributed by atoms with Crippen LogP contribution in [0.5, 0.6) is 5.75 Å². The van der Waals surface area contributed by atoms with Crippen LogP contribution in [0.25, 0.3) is 0 Å². The maximum absolute atomic E-state index is 12.1. The van der Waals surface area contributed by atoms with Crippen LogP contribution < -0.4 is 4.74 Å². The fourth-order valence-electron chi connectivity index (χ4n) is 1.24. The molecule has 0 atom stereocenters. The van der Waals surface area contributed by atoms with E-state index in [-0.39, 0.29) is 28.0 Å². The van der Waals surface area contributed by atoms with Crippen molar-refractivity contribution < 1.29 is 27.8 Å². The second kappa shape index (κ2) is 6.44. The van der Waals surface area contributed by atoms with Gasteiger partial charge in [-0.1, -0.05) is 0 Å². The van der Waals surface area contributed by atoms with Crippen molar-refractivity contribution in [2.45, 2.75) is 13.5 Å². The number of ether oxygens (including phenoxy) is 2. The van der Waals surface area contributed by atoms with Gasteiger partial charge in [0, 0.05) is 5.56 Å². The number of carbonyl (C=O) groups excluding carboxylic acids is 2. The van der Waals surface area contributed by atoms with Gasteiger partial charge in [-0.2, -0.15) is 8.78 Å². The summed E-state index contributed by atoms with van der Waals surface area (Å²) in [5, 5.41) is 0. The monoisotopic (exact) mass is 322 g/mol. The maximum Gasteiger partial charge on any atom is 0.387 e. The molecule has 1 aromatic rings. The van der Waals surface area contributed by atoms with Crippen LogP contribution >= 0.6 is 15.9 Å². The van der Waals surface area contributed by atoms with Gasteiger partial charge in [0.2, 0.25) is 0 Å². The number of rotatable bonds is 5. The molecule has 0 amide bonds. The first kappa shape index (κ1) is 14.6. The van der Waals surface area contributed by atoms with Crippen molar-refractivity contribution in [2.75, 3.05) is 6.61 Å². The number of hydrogen-bond donors (Lipinski definition) is 0. The molecule has 98 valence electrons. The van der Waals surface area contributed by atoms with E-state index < -0.39 is 12.6 Å². The zero-order valence-electron chi connectivity index (χ0n) is 9.28. The SMILES string of the molecule is CCOC(=O)c1cc(OC(F)F)c(Br)cc1C=O. The molecule has 0 heterocycles. The highest BCUT2D eigenvalue weighted by Gasteiger charge is 2.18. The third-order valence-electron chi connectivity index (χ3n) is 1.94. The zero-order chi connectivity index (χ0) is 13.7. The Hall–Kier alpha value is -1.50. The molecular weight excluding hydrogens is 314 g/mol. The van der Waals surface area contributed by atoms with Gasteiger partial charge in [-0.15, -0.1) is 0 Å². The highest BCUT2D eigenvalue weighted by atomic mass is 79.9.